The number of nitrogens with zero attached hydrogens (tertiary/aromatic N) is 2. The number of hydrogen-bond donors (Lipinski definition) is 2. The normalized spacial score (nSPS) is 17.7. The molecule has 1 aromatic heterocycles. The van der Waals surface area contributed by atoms with E-state index in [0.29, 0.717) is 49.1 Å². The number of nitriles is 1. The molecule has 1 saturated carbocycles. The maximum absolute atomic E-state index is 13.1. The summed E-state index contributed by atoms with van der Waals surface area (Å²) < 4.78 is 11.3. The largest absolute Gasteiger partial charge is 0.456 e. The van der Waals surface area contributed by atoms with E-state index in [1.165, 1.54) is 0 Å². The number of rotatable bonds is 7. The number of hydrogen-bond acceptors (Lipinski definition) is 6. The molecule has 2 aliphatic rings. The molecule has 1 atom stereocenters. The predicted octanol–water partition coefficient (Wildman–Crippen LogP) is 3.27. The zero-order valence-corrected chi connectivity index (χ0v) is 20.3. The van der Waals surface area contributed by atoms with Gasteiger partial charge in [-0.05, 0) is 55.5 Å². The number of benzene rings is 2. The van der Waals surface area contributed by atoms with Crippen LogP contribution in [0.15, 0.2) is 40.8 Å². The third-order valence-electron chi connectivity index (χ3n) is 6.67. The summed E-state index contributed by atoms with van der Waals surface area (Å²) in [6.45, 7) is 4.97. The summed E-state index contributed by atoms with van der Waals surface area (Å²) in [5.74, 6) is -0.660. The highest BCUT2D eigenvalue weighted by molar-refractivity contribution is 6.09. The number of amides is 3. The minimum absolute atomic E-state index is 0.0595. The second-order valence-electron chi connectivity index (χ2n) is 9.93. The van der Waals surface area contributed by atoms with Gasteiger partial charge in [0.1, 0.15) is 29.4 Å². The number of furan rings is 1. The Morgan fingerprint density at radius 2 is 1.86 bits per heavy atom. The first-order valence-corrected chi connectivity index (χ1v) is 12.2. The molecule has 36 heavy (non-hydrogen) atoms. The molecule has 0 unspecified atom stereocenters. The number of carbonyl (C=O) groups is 3. The molecule has 9 nitrogen and oxygen atoms in total. The van der Waals surface area contributed by atoms with Gasteiger partial charge >= 0.3 is 0 Å². The SMILES string of the molecule is CC(C)C[C@H](NC(=O)c1ccc2c(c1)oc1cc(N3CCOCC3=O)ccc12)C(=O)NC1(C#N)CC1. The van der Waals surface area contributed by atoms with Gasteiger partial charge in [-0.3, -0.25) is 14.4 Å². The molecule has 0 spiro atoms. The fraction of sp³-hybridized carbons (Fsp3) is 0.407. The van der Waals surface area contributed by atoms with Gasteiger partial charge in [0.15, 0.2) is 0 Å². The first kappa shape index (κ1) is 23.8. The average Bonchev–Trinajstić information content (AvgIpc) is 3.54. The van der Waals surface area contributed by atoms with Gasteiger partial charge in [0.2, 0.25) is 5.91 Å². The summed E-state index contributed by atoms with van der Waals surface area (Å²) in [7, 11) is 0. The van der Waals surface area contributed by atoms with Crippen molar-refractivity contribution in [2.45, 2.75) is 44.7 Å². The molecule has 9 heteroatoms. The van der Waals surface area contributed by atoms with Crippen LogP contribution in [0.5, 0.6) is 0 Å². The molecular weight excluding hydrogens is 460 g/mol. The van der Waals surface area contributed by atoms with Gasteiger partial charge in [-0.2, -0.15) is 5.26 Å². The first-order valence-electron chi connectivity index (χ1n) is 12.2. The summed E-state index contributed by atoms with van der Waals surface area (Å²) in [4.78, 5) is 39.8. The molecule has 1 aliphatic carbocycles. The molecule has 2 fully saturated rings. The third kappa shape index (κ3) is 4.64. The van der Waals surface area contributed by atoms with Crippen LogP contribution in [-0.4, -0.2) is 49.1 Å². The molecule has 0 bridgehead atoms. The fourth-order valence-electron chi connectivity index (χ4n) is 4.52. The van der Waals surface area contributed by atoms with Crippen LogP contribution in [0.4, 0.5) is 5.69 Å². The Balaban J connectivity index is 1.38. The lowest BCUT2D eigenvalue weighted by molar-refractivity contribution is -0.126. The van der Waals surface area contributed by atoms with E-state index >= 15 is 0 Å². The average molecular weight is 489 g/mol. The maximum atomic E-state index is 13.1. The molecule has 1 aliphatic heterocycles. The number of ether oxygens (including phenoxy) is 1. The minimum Gasteiger partial charge on any atom is -0.456 e. The van der Waals surface area contributed by atoms with Gasteiger partial charge in [0.25, 0.3) is 11.8 Å². The van der Waals surface area contributed by atoms with Crippen molar-refractivity contribution >= 4 is 45.3 Å². The van der Waals surface area contributed by atoms with Gasteiger partial charge < -0.3 is 24.7 Å². The zero-order chi connectivity index (χ0) is 25.4. The molecule has 5 rings (SSSR count). The standard InChI is InChI=1S/C27H28N4O5/c1-16(2)11-21(26(34)30-27(15-28)7-8-27)29-25(33)17-3-5-19-20-6-4-18(13-23(20)36-22(19)12-17)31-9-10-35-14-24(31)32/h3-6,12-13,16,21H,7-11,14H2,1-2H3,(H,29,33)(H,30,34)/t21-/m0/s1. The maximum Gasteiger partial charge on any atom is 0.253 e. The lowest BCUT2D eigenvalue weighted by Crippen LogP contribution is -2.50. The van der Waals surface area contributed by atoms with Crippen LogP contribution in [0.25, 0.3) is 21.9 Å². The number of anilines is 1. The molecule has 1 saturated heterocycles. The number of nitrogens with one attached hydrogen (secondary N) is 2. The van der Waals surface area contributed by atoms with E-state index in [-0.39, 0.29) is 30.2 Å². The van der Waals surface area contributed by atoms with Crippen LogP contribution >= 0.6 is 0 Å². The summed E-state index contributed by atoms with van der Waals surface area (Å²) in [5, 5.41) is 16.7. The second-order valence-corrected chi connectivity index (χ2v) is 9.93. The quantitative estimate of drug-likeness (QED) is 0.526. The smallest absolute Gasteiger partial charge is 0.253 e. The fourth-order valence-corrected chi connectivity index (χ4v) is 4.52. The van der Waals surface area contributed by atoms with E-state index in [1.54, 1.807) is 17.0 Å². The Hall–Kier alpha value is -3.90. The molecule has 2 N–H and O–H groups in total. The molecule has 186 valence electrons. The summed E-state index contributed by atoms with van der Waals surface area (Å²) in [5.41, 5.74) is 1.46. The van der Waals surface area contributed by atoms with Gasteiger partial charge in [0.05, 0.1) is 12.7 Å². The summed E-state index contributed by atoms with van der Waals surface area (Å²) in [6, 6.07) is 12.2. The summed E-state index contributed by atoms with van der Waals surface area (Å²) in [6.07, 6.45) is 1.71. The van der Waals surface area contributed by atoms with Crippen molar-refractivity contribution in [3.63, 3.8) is 0 Å². The van der Waals surface area contributed by atoms with Gasteiger partial charge in [-0.15, -0.1) is 0 Å². The van der Waals surface area contributed by atoms with Gasteiger partial charge in [0, 0.05) is 34.6 Å². The van der Waals surface area contributed by atoms with Crippen molar-refractivity contribution < 1.29 is 23.5 Å². The predicted molar refractivity (Wildman–Crippen MR) is 133 cm³/mol. The van der Waals surface area contributed by atoms with Crippen molar-refractivity contribution in [2.24, 2.45) is 5.92 Å². The molecule has 2 heterocycles. The van der Waals surface area contributed by atoms with E-state index in [9.17, 15) is 19.6 Å². The van der Waals surface area contributed by atoms with E-state index in [4.69, 9.17) is 9.15 Å². The van der Waals surface area contributed by atoms with Crippen molar-refractivity contribution in [3.8, 4) is 6.07 Å². The lowest BCUT2D eigenvalue weighted by Gasteiger charge is -2.26. The molecule has 3 amide bonds. The Morgan fingerprint density at radius 3 is 2.53 bits per heavy atom. The molecule has 3 aromatic rings. The molecule has 2 aromatic carbocycles. The van der Waals surface area contributed by atoms with Crippen LogP contribution < -0.4 is 15.5 Å². The van der Waals surface area contributed by atoms with Crippen molar-refractivity contribution in [2.75, 3.05) is 24.7 Å². The number of fused-ring (bicyclic) bond motifs is 3. The number of morpholine rings is 1. The highest BCUT2D eigenvalue weighted by Gasteiger charge is 2.45. The van der Waals surface area contributed by atoms with Gasteiger partial charge in [-0.25, -0.2) is 0 Å². The Morgan fingerprint density at radius 1 is 1.14 bits per heavy atom. The zero-order valence-electron chi connectivity index (χ0n) is 20.3. The van der Waals surface area contributed by atoms with E-state index in [2.05, 4.69) is 16.7 Å². The number of carbonyl (C=O) groups excluding carboxylic acids is 3. The van der Waals surface area contributed by atoms with Crippen molar-refractivity contribution in [1.82, 2.24) is 10.6 Å². The van der Waals surface area contributed by atoms with Crippen LogP contribution in [0.2, 0.25) is 0 Å². The molecule has 0 radical (unpaired) electrons. The highest BCUT2D eigenvalue weighted by atomic mass is 16.5. The van der Waals surface area contributed by atoms with E-state index < -0.39 is 11.6 Å². The Labute approximate surface area is 208 Å². The third-order valence-corrected chi connectivity index (χ3v) is 6.67. The van der Waals surface area contributed by atoms with E-state index in [1.807, 2.05) is 38.1 Å². The highest BCUT2D eigenvalue weighted by Crippen LogP contribution is 2.35. The van der Waals surface area contributed by atoms with Crippen LogP contribution in [0.1, 0.15) is 43.5 Å². The Bertz CT molecular complexity index is 1400. The van der Waals surface area contributed by atoms with Crippen LogP contribution in [-0.2, 0) is 14.3 Å². The van der Waals surface area contributed by atoms with Crippen LogP contribution in [0.3, 0.4) is 0 Å². The Kier molecular flexibility index (Phi) is 6.14. The topological polar surface area (TPSA) is 125 Å². The monoisotopic (exact) mass is 488 g/mol. The summed E-state index contributed by atoms with van der Waals surface area (Å²) >= 11 is 0. The van der Waals surface area contributed by atoms with Crippen molar-refractivity contribution in [3.05, 3.63) is 42.0 Å². The van der Waals surface area contributed by atoms with Gasteiger partial charge in [-0.1, -0.05) is 13.8 Å². The minimum atomic E-state index is -0.797. The van der Waals surface area contributed by atoms with E-state index in [0.717, 1.165) is 16.5 Å². The second kappa shape index (κ2) is 9.28. The first-order chi connectivity index (χ1) is 17.3. The lowest BCUT2D eigenvalue weighted by atomic mass is 10.0. The van der Waals surface area contributed by atoms with Crippen LogP contribution in [0, 0.1) is 17.2 Å². The van der Waals surface area contributed by atoms with Crippen molar-refractivity contribution in [1.29, 1.82) is 5.26 Å². The molecular formula is C27H28N4O5.